The number of hydrogen-bond donors (Lipinski definition) is 3. The maximum absolute atomic E-state index is 9.24. The van der Waals surface area contributed by atoms with Gasteiger partial charge in [0, 0.05) is 12.6 Å². The van der Waals surface area contributed by atoms with E-state index in [0.717, 1.165) is 19.3 Å². The minimum Gasteiger partial charge on any atom is -0.482 e. The van der Waals surface area contributed by atoms with Crippen molar-refractivity contribution in [1.82, 2.24) is 25.4 Å². The van der Waals surface area contributed by atoms with E-state index >= 15 is 0 Å². The van der Waals surface area contributed by atoms with Crippen LogP contribution < -0.4 is 10.1 Å². The van der Waals surface area contributed by atoms with Gasteiger partial charge < -0.3 is 15.2 Å². The van der Waals surface area contributed by atoms with Gasteiger partial charge in [-0.15, -0.1) is 0 Å². The van der Waals surface area contributed by atoms with Gasteiger partial charge in [0.2, 0.25) is 0 Å². The fraction of sp³-hybridized carbons (Fsp3) is 0.600. The predicted octanol–water partition coefficient (Wildman–Crippen LogP) is 1.84. The summed E-state index contributed by atoms with van der Waals surface area (Å²) in [7, 11) is 0. The topological polar surface area (TPSA) is 109 Å². The number of ether oxygens (including phenoxy) is 1. The summed E-state index contributed by atoms with van der Waals surface area (Å²) in [6.45, 7) is 4.41. The third-order valence-electron chi connectivity index (χ3n) is 3.44. The fourth-order valence-electron chi connectivity index (χ4n) is 2.20. The molecule has 0 unspecified atom stereocenters. The van der Waals surface area contributed by atoms with Crippen molar-refractivity contribution < 1.29 is 9.84 Å². The van der Waals surface area contributed by atoms with Crippen LogP contribution in [-0.4, -0.2) is 43.1 Å². The Morgan fingerprint density at radius 3 is 2.91 bits per heavy atom. The lowest BCUT2D eigenvalue weighted by molar-refractivity contribution is 0.275. The van der Waals surface area contributed by atoms with Crippen LogP contribution in [0, 0.1) is 6.92 Å². The highest BCUT2D eigenvalue weighted by Gasteiger charge is 2.14. The molecule has 0 aliphatic rings. The summed E-state index contributed by atoms with van der Waals surface area (Å²) in [6.07, 6.45) is 7.12. The lowest BCUT2D eigenvalue weighted by atomic mass is 10.1. The van der Waals surface area contributed by atoms with Gasteiger partial charge in [-0.05, 0) is 19.8 Å². The zero-order chi connectivity index (χ0) is 16.5. The van der Waals surface area contributed by atoms with E-state index in [0.29, 0.717) is 29.5 Å². The van der Waals surface area contributed by atoms with Crippen molar-refractivity contribution in [1.29, 1.82) is 0 Å². The number of hydrogen-bond acceptors (Lipinski definition) is 7. The van der Waals surface area contributed by atoms with Crippen LogP contribution >= 0.6 is 0 Å². The van der Waals surface area contributed by atoms with E-state index in [1.54, 1.807) is 12.4 Å². The Kier molecular flexibility index (Phi) is 6.74. The second kappa shape index (κ2) is 9.04. The lowest BCUT2D eigenvalue weighted by Gasteiger charge is -2.20. The number of aromatic nitrogens is 5. The summed E-state index contributed by atoms with van der Waals surface area (Å²) in [4.78, 5) is 8.62. The van der Waals surface area contributed by atoms with Gasteiger partial charge in [0.25, 0.3) is 0 Å². The minimum absolute atomic E-state index is 0.139. The van der Waals surface area contributed by atoms with Gasteiger partial charge in [-0.3, -0.25) is 0 Å². The van der Waals surface area contributed by atoms with Crippen molar-refractivity contribution in [2.24, 2.45) is 0 Å². The van der Waals surface area contributed by atoms with Crippen LogP contribution in [0.25, 0.3) is 0 Å². The third kappa shape index (κ3) is 5.48. The Labute approximate surface area is 135 Å². The van der Waals surface area contributed by atoms with E-state index in [9.17, 15) is 5.11 Å². The summed E-state index contributed by atoms with van der Waals surface area (Å²) < 4.78 is 5.75. The molecule has 1 atom stereocenters. The van der Waals surface area contributed by atoms with E-state index < -0.39 is 0 Å². The van der Waals surface area contributed by atoms with E-state index in [1.807, 2.05) is 6.92 Å². The van der Waals surface area contributed by atoms with Crippen LogP contribution in [0.15, 0.2) is 12.4 Å². The molecule has 0 aliphatic heterocycles. The Balaban J connectivity index is 2.06. The molecule has 2 rings (SSSR count). The minimum atomic E-state index is 0.139. The van der Waals surface area contributed by atoms with Gasteiger partial charge in [0.05, 0.1) is 12.4 Å². The van der Waals surface area contributed by atoms with Crippen molar-refractivity contribution in [2.45, 2.75) is 52.2 Å². The molecule has 0 spiro atoms. The number of H-pyrrole nitrogens is 1. The Morgan fingerprint density at radius 1 is 1.35 bits per heavy atom. The summed E-state index contributed by atoms with van der Waals surface area (Å²) in [5, 5.41) is 22.9. The molecule has 0 amide bonds. The number of aliphatic hydroxyl groups is 1. The fourth-order valence-corrected chi connectivity index (χ4v) is 2.20. The quantitative estimate of drug-likeness (QED) is 0.612. The molecular formula is C15H24N6O2. The van der Waals surface area contributed by atoms with Crippen molar-refractivity contribution in [3.63, 3.8) is 0 Å². The Bertz CT molecular complexity index is 575. The SMILES string of the molecule is CCCC[C@@H](CCO)Nc1nc(C)ncc1OCc1cn[nH]n1. The van der Waals surface area contributed by atoms with Crippen LogP contribution in [0.1, 0.15) is 44.1 Å². The van der Waals surface area contributed by atoms with Crippen LogP contribution in [0.3, 0.4) is 0 Å². The first-order valence-electron chi connectivity index (χ1n) is 7.91. The number of aromatic amines is 1. The molecule has 0 fully saturated rings. The summed E-state index contributed by atoms with van der Waals surface area (Å²) in [5.41, 5.74) is 0.703. The molecule has 8 nitrogen and oxygen atoms in total. The number of unbranched alkanes of at least 4 members (excludes halogenated alkanes) is 1. The molecule has 0 radical (unpaired) electrons. The molecule has 0 saturated heterocycles. The first kappa shape index (κ1) is 17.1. The molecule has 2 heterocycles. The predicted molar refractivity (Wildman–Crippen MR) is 86.1 cm³/mol. The maximum atomic E-state index is 9.24. The maximum Gasteiger partial charge on any atom is 0.180 e. The monoisotopic (exact) mass is 320 g/mol. The molecule has 0 aliphatic carbocycles. The summed E-state index contributed by atoms with van der Waals surface area (Å²) >= 11 is 0. The Morgan fingerprint density at radius 2 is 2.22 bits per heavy atom. The average molecular weight is 320 g/mol. The molecule has 2 aromatic rings. The summed E-state index contributed by atoms with van der Waals surface area (Å²) in [5.74, 6) is 1.88. The van der Waals surface area contributed by atoms with Crippen LogP contribution in [0.4, 0.5) is 5.82 Å². The highest BCUT2D eigenvalue weighted by atomic mass is 16.5. The molecular weight excluding hydrogens is 296 g/mol. The van der Waals surface area contributed by atoms with Crippen molar-refractivity contribution in [3.8, 4) is 5.75 Å². The highest BCUT2D eigenvalue weighted by molar-refractivity contribution is 5.49. The second-order valence-corrected chi connectivity index (χ2v) is 5.38. The summed E-state index contributed by atoms with van der Waals surface area (Å²) in [6, 6.07) is 0.156. The third-order valence-corrected chi connectivity index (χ3v) is 3.44. The van der Waals surface area contributed by atoms with Gasteiger partial charge in [-0.2, -0.15) is 15.4 Å². The van der Waals surface area contributed by atoms with Crippen molar-refractivity contribution >= 4 is 5.82 Å². The first-order chi connectivity index (χ1) is 11.2. The first-order valence-corrected chi connectivity index (χ1v) is 7.91. The smallest absolute Gasteiger partial charge is 0.180 e. The van der Waals surface area contributed by atoms with E-state index in [-0.39, 0.29) is 19.3 Å². The van der Waals surface area contributed by atoms with Gasteiger partial charge in [0.15, 0.2) is 11.6 Å². The zero-order valence-corrected chi connectivity index (χ0v) is 13.6. The van der Waals surface area contributed by atoms with Crippen molar-refractivity contribution in [2.75, 3.05) is 11.9 Å². The van der Waals surface area contributed by atoms with Gasteiger partial charge >= 0.3 is 0 Å². The molecule has 8 heteroatoms. The highest BCUT2D eigenvalue weighted by Crippen LogP contribution is 2.24. The molecule has 3 N–H and O–H groups in total. The van der Waals surface area contributed by atoms with E-state index in [4.69, 9.17) is 4.74 Å². The largest absolute Gasteiger partial charge is 0.482 e. The molecule has 0 saturated carbocycles. The average Bonchev–Trinajstić information content (AvgIpc) is 3.05. The lowest BCUT2D eigenvalue weighted by Crippen LogP contribution is -2.22. The second-order valence-electron chi connectivity index (χ2n) is 5.38. The zero-order valence-electron chi connectivity index (χ0n) is 13.6. The number of rotatable bonds is 10. The molecule has 0 bridgehead atoms. The molecule has 2 aromatic heterocycles. The van der Waals surface area contributed by atoms with E-state index in [2.05, 4.69) is 37.6 Å². The van der Waals surface area contributed by atoms with Gasteiger partial charge in [0.1, 0.15) is 18.1 Å². The Hall–Kier alpha value is -2.22. The van der Waals surface area contributed by atoms with Crippen LogP contribution in [0.5, 0.6) is 5.75 Å². The number of nitrogens with zero attached hydrogens (tertiary/aromatic N) is 4. The van der Waals surface area contributed by atoms with Crippen LogP contribution in [-0.2, 0) is 6.61 Å². The normalized spacial score (nSPS) is 12.1. The van der Waals surface area contributed by atoms with Gasteiger partial charge in [-0.1, -0.05) is 19.8 Å². The number of nitrogens with one attached hydrogen (secondary N) is 2. The number of aliphatic hydroxyl groups excluding tert-OH is 1. The van der Waals surface area contributed by atoms with Crippen molar-refractivity contribution in [3.05, 3.63) is 23.9 Å². The molecule has 0 aromatic carbocycles. The number of anilines is 1. The molecule has 126 valence electrons. The van der Waals surface area contributed by atoms with E-state index in [1.165, 1.54) is 0 Å². The molecule has 23 heavy (non-hydrogen) atoms. The van der Waals surface area contributed by atoms with Crippen LogP contribution in [0.2, 0.25) is 0 Å². The van der Waals surface area contributed by atoms with Gasteiger partial charge in [-0.25, -0.2) is 9.97 Å². The number of aryl methyl sites for hydroxylation is 1. The standard InChI is InChI=1S/C15H24N6O2/c1-3-4-5-12(6-7-22)19-15-14(9-16-11(2)18-15)23-10-13-8-17-21-20-13/h8-9,12,22H,3-7,10H2,1-2H3,(H,16,18,19)(H,17,20,21)/t12-/m0/s1.